The predicted octanol–water partition coefficient (Wildman–Crippen LogP) is 5.65. The molecule has 2 aromatic carbocycles. The molecule has 0 radical (unpaired) electrons. The van der Waals surface area contributed by atoms with E-state index in [0.717, 1.165) is 16.0 Å². The minimum absolute atomic E-state index is 0.0804. The molecule has 0 aliphatic carbocycles. The number of nitrogens with one attached hydrogen (secondary N) is 1. The Morgan fingerprint density at radius 3 is 2.00 bits per heavy atom. The molecule has 1 heterocycles. The van der Waals surface area contributed by atoms with Gasteiger partial charge in [0.25, 0.3) is 5.56 Å². The van der Waals surface area contributed by atoms with Gasteiger partial charge in [-0.3, -0.25) is 9.59 Å². The number of H-pyrrole nitrogens is 1. The Kier molecular flexibility index (Phi) is 13.6. The third kappa shape index (κ3) is 10.8. The lowest BCUT2D eigenvalue weighted by Crippen LogP contribution is -2.13. The molecule has 1 aromatic heterocycles. The van der Waals surface area contributed by atoms with Gasteiger partial charge in [-0.1, -0.05) is 42.0 Å². The molecule has 0 unspecified atom stereocenters. The van der Waals surface area contributed by atoms with Crippen molar-refractivity contribution in [2.24, 2.45) is 0 Å². The van der Waals surface area contributed by atoms with E-state index in [0.29, 0.717) is 16.8 Å². The highest BCUT2D eigenvalue weighted by Crippen LogP contribution is 2.19. The van der Waals surface area contributed by atoms with Crippen molar-refractivity contribution < 1.29 is 23.9 Å². The first kappa shape index (κ1) is 32.5. The SMILES string of the molecule is CS/C(C)=C\C(=O)c1ccc(C)cc1.Cc1cc(-c2ccc(C(=O)OC(C)C)cc2)[nH]c(=O)c1C#N.O=C=O. The van der Waals surface area contributed by atoms with Gasteiger partial charge >= 0.3 is 12.1 Å². The molecule has 1 N–H and O–H groups in total. The maximum absolute atomic E-state index is 11.8. The monoisotopic (exact) mass is 546 g/mol. The van der Waals surface area contributed by atoms with Crippen LogP contribution >= 0.6 is 11.8 Å². The van der Waals surface area contributed by atoms with E-state index in [9.17, 15) is 14.4 Å². The van der Waals surface area contributed by atoms with Crippen LogP contribution in [0.2, 0.25) is 0 Å². The lowest BCUT2D eigenvalue weighted by atomic mass is 10.1. The number of carbonyl (C=O) groups is 2. The summed E-state index contributed by atoms with van der Waals surface area (Å²) in [5.74, 6) is -0.303. The molecule has 0 aliphatic heterocycles. The van der Waals surface area contributed by atoms with E-state index in [-0.39, 0.29) is 29.6 Å². The molecule has 0 fully saturated rings. The van der Waals surface area contributed by atoms with Crippen molar-refractivity contribution in [2.45, 2.75) is 40.7 Å². The normalized spacial score (nSPS) is 10.2. The second kappa shape index (κ2) is 16.4. The maximum atomic E-state index is 11.8. The fourth-order valence-corrected chi connectivity index (χ4v) is 3.32. The van der Waals surface area contributed by atoms with E-state index in [1.165, 1.54) is 5.56 Å². The highest BCUT2D eigenvalue weighted by Gasteiger charge is 2.11. The van der Waals surface area contributed by atoms with Gasteiger partial charge in [-0.05, 0) is 81.2 Å². The smallest absolute Gasteiger partial charge is 0.373 e. The molecule has 0 saturated heterocycles. The number of ether oxygens (including phenoxy) is 1. The molecule has 8 nitrogen and oxygen atoms in total. The number of carbonyl (C=O) groups excluding carboxylic acids is 4. The topological polar surface area (TPSA) is 134 Å². The maximum Gasteiger partial charge on any atom is 0.373 e. The summed E-state index contributed by atoms with van der Waals surface area (Å²) in [5.41, 5.74) is 4.04. The molecule has 0 atom stereocenters. The summed E-state index contributed by atoms with van der Waals surface area (Å²) in [6.45, 7) is 9.24. The summed E-state index contributed by atoms with van der Waals surface area (Å²) in [4.78, 5) is 55.2. The third-order valence-electron chi connectivity index (χ3n) is 5.11. The van der Waals surface area contributed by atoms with Crippen LogP contribution in [0.5, 0.6) is 0 Å². The minimum Gasteiger partial charge on any atom is -0.459 e. The lowest BCUT2D eigenvalue weighted by molar-refractivity contribution is -0.191. The fraction of sp³-hybridized carbons (Fsp3) is 0.233. The summed E-state index contributed by atoms with van der Waals surface area (Å²) in [6.07, 6.45) is 3.72. The summed E-state index contributed by atoms with van der Waals surface area (Å²) in [6, 6.07) is 18.0. The average molecular weight is 547 g/mol. The number of esters is 1. The Bertz CT molecular complexity index is 1440. The molecule has 0 amide bonds. The van der Waals surface area contributed by atoms with Gasteiger partial charge in [0.05, 0.1) is 11.7 Å². The van der Waals surface area contributed by atoms with Crippen molar-refractivity contribution in [2.75, 3.05) is 6.26 Å². The number of ketones is 1. The standard InChI is InChI=1S/C17H16N2O3.C12H14OS.CO2/c1-10(2)22-17(21)13-6-4-12(5-7-13)15-8-11(3)14(9-18)16(20)19-15;1-9-4-6-11(7-5-9)12(13)8-10(2)14-3;2-1-3/h4-8,10H,1-3H3,(H,19,20);4-8H,1-3H3;/b;10-8-;. The highest BCUT2D eigenvalue weighted by atomic mass is 32.2. The molecule has 0 saturated carbocycles. The first-order valence-corrected chi connectivity index (χ1v) is 13.0. The van der Waals surface area contributed by atoms with Crippen LogP contribution in [-0.4, -0.2) is 35.2 Å². The summed E-state index contributed by atoms with van der Waals surface area (Å²) in [5, 5.41) is 8.91. The van der Waals surface area contributed by atoms with Crippen molar-refractivity contribution in [3.63, 3.8) is 0 Å². The Morgan fingerprint density at radius 2 is 1.54 bits per heavy atom. The number of nitrogens with zero attached hydrogens (tertiary/aromatic N) is 1. The molecule has 202 valence electrons. The van der Waals surface area contributed by atoms with Crippen LogP contribution in [0, 0.1) is 25.2 Å². The van der Waals surface area contributed by atoms with Crippen LogP contribution in [-0.2, 0) is 14.3 Å². The van der Waals surface area contributed by atoms with Crippen LogP contribution in [0.4, 0.5) is 0 Å². The fourth-order valence-electron chi connectivity index (χ4n) is 3.10. The molecule has 0 spiro atoms. The molecule has 9 heteroatoms. The molecule has 3 aromatic rings. The molecular weight excluding hydrogens is 516 g/mol. The van der Waals surface area contributed by atoms with Crippen molar-refractivity contribution in [3.05, 3.63) is 104 Å². The second-order valence-corrected chi connectivity index (χ2v) is 9.54. The first-order chi connectivity index (χ1) is 18.5. The third-order valence-corrected chi connectivity index (χ3v) is 5.87. The Hall–Kier alpha value is -4.51. The molecular formula is C30H30N2O6S. The number of nitriles is 1. The summed E-state index contributed by atoms with van der Waals surface area (Å²) >= 11 is 1.59. The quantitative estimate of drug-likeness (QED) is 0.238. The average Bonchev–Trinajstić information content (AvgIpc) is 2.89. The Labute approximate surface area is 231 Å². The number of aromatic amines is 1. The zero-order chi connectivity index (χ0) is 29.5. The van der Waals surface area contributed by atoms with Crippen molar-refractivity contribution >= 4 is 29.7 Å². The van der Waals surface area contributed by atoms with Crippen LogP contribution in [0.15, 0.2) is 70.4 Å². The van der Waals surface area contributed by atoms with Crippen LogP contribution in [0.3, 0.4) is 0 Å². The van der Waals surface area contributed by atoms with Crippen molar-refractivity contribution in [1.82, 2.24) is 4.98 Å². The van der Waals surface area contributed by atoms with Gasteiger partial charge < -0.3 is 9.72 Å². The molecule has 3 rings (SSSR count). The number of hydrogen-bond donors (Lipinski definition) is 1. The van der Waals surface area contributed by atoms with Gasteiger partial charge in [-0.2, -0.15) is 14.9 Å². The number of thioether (sulfide) groups is 1. The van der Waals surface area contributed by atoms with Gasteiger partial charge in [-0.15, -0.1) is 11.8 Å². The summed E-state index contributed by atoms with van der Waals surface area (Å²) in [7, 11) is 0. The van der Waals surface area contributed by atoms with Crippen molar-refractivity contribution in [3.8, 4) is 17.3 Å². The van der Waals surface area contributed by atoms with Crippen LogP contribution < -0.4 is 5.56 Å². The van der Waals surface area contributed by atoms with Gasteiger partial charge in [0, 0.05) is 11.3 Å². The number of benzene rings is 2. The van der Waals surface area contributed by atoms with Crippen molar-refractivity contribution in [1.29, 1.82) is 5.26 Å². The largest absolute Gasteiger partial charge is 0.459 e. The van der Waals surface area contributed by atoms with Gasteiger partial charge in [0.1, 0.15) is 11.6 Å². The number of aromatic nitrogens is 1. The molecule has 0 bridgehead atoms. The minimum atomic E-state index is -0.416. The Morgan fingerprint density at radius 1 is 1.00 bits per heavy atom. The summed E-state index contributed by atoms with van der Waals surface area (Å²) < 4.78 is 5.12. The number of pyridine rings is 1. The first-order valence-electron chi connectivity index (χ1n) is 11.7. The van der Waals surface area contributed by atoms with Crippen LogP contribution in [0.1, 0.15) is 58.2 Å². The van der Waals surface area contributed by atoms with E-state index in [1.54, 1.807) is 68.9 Å². The van der Waals surface area contributed by atoms with E-state index in [2.05, 4.69) is 4.98 Å². The lowest BCUT2D eigenvalue weighted by Gasteiger charge is -2.09. The van der Waals surface area contributed by atoms with E-state index in [1.807, 2.05) is 50.4 Å². The zero-order valence-electron chi connectivity index (χ0n) is 22.7. The Balaban J connectivity index is 0.000000384. The van der Waals surface area contributed by atoms with E-state index in [4.69, 9.17) is 19.6 Å². The number of allylic oxidation sites excluding steroid dienone is 2. The molecule has 39 heavy (non-hydrogen) atoms. The number of rotatable bonds is 6. The zero-order valence-corrected chi connectivity index (χ0v) is 23.5. The van der Waals surface area contributed by atoms with Gasteiger partial charge in [-0.25, -0.2) is 4.79 Å². The number of hydrogen-bond acceptors (Lipinski definition) is 8. The predicted molar refractivity (Wildman–Crippen MR) is 150 cm³/mol. The van der Waals surface area contributed by atoms with Crippen LogP contribution in [0.25, 0.3) is 11.3 Å². The second-order valence-electron chi connectivity index (χ2n) is 8.49. The van der Waals surface area contributed by atoms with E-state index < -0.39 is 5.56 Å². The highest BCUT2D eigenvalue weighted by molar-refractivity contribution is 8.02. The van der Waals surface area contributed by atoms with Gasteiger partial charge in [0.15, 0.2) is 5.78 Å². The molecule has 0 aliphatic rings. The van der Waals surface area contributed by atoms with Gasteiger partial charge in [0.2, 0.25) is 0 Å². The number of aryl methyl sites for hydroxylation is 2. The van der Waals surface area contributed by atoms with E-state index >= 15 is 0 Å².